The van der Waals surface area contributed by atoms with Gasteiger partial charge < -0.3 is 20.5 Å². The Bertz CT molecular complexity index is 659. The molecule has 0 aliphatic rings. The van der Waals surface area contributed by atoms with Gasteiger partial charge in [-0.05, 0) is 38.0 Å². The molecule has 7 nitrogen and oxygen atoms in total. The van der Waals surface area contributed by atoms with Crippen molar-refractivity contribution in [3.05, 3.63) is 23.8 Å². The van der Waals surface area contributed by atoms with Crippen molar-refractivity contribution in [1.82, 2.24) is 10.6 Å². The number of nitrogens with one attached hydrogen (secondary N) is 2. The highest BCUT2D eigenvalue weighted by Crippen LogP contribution is 2.26. The molecule has 0 amide bonds. The zero-order valence-electron chi connectivity index (χ0n) is 14.7. The predicted molar refractivity (Wildman–Crippen MR) is 96.4 cm³/mol. The first-order valence-electron chi connectivity index (χ1n) is 7.83. The standard InChI is InChI=1S/C16H27N3O4S/c1-5-17-16(19-12(2)8-9-24(4,21)22)18-11-13-6-7-15(23-3)14(20)10-13/h6-7,10,12,20H,5,8-9,11H2,1-4H3,(H2,17,18,19). The Balaban J connectivity index is 2.69. The van der Waals surface area contributed by atoms with Crippen LogP contribution in [0.2, 0.25) is 0 Å². The average Bonchev–Trinajstić information content (AvgIpc) is 2.50. The molecule has 0 aliphatic heterocycles. The minimum atomic E-state index is -2.97. The van der Waals surface area contributed by atoms with E-state index >= 15 is 0 Å². The smallest absolute Gasteiger partial charge is 0.191 e. The molecule has 0 radical (unpaired) electrons. The maximum atomic E-state index is 11.2. The topological polar surface area (TPSA) is 100 Å². The Kier molecular flexibility index (Phi) is 7.84. The third-order valence-electron chi connectivity index (χ3n) is 3.31. The number of nitrogens with zero attached hydrogens (tertiary/aromatic N) is 1. The molecule has 3 N–H and O–H groups in total. The zero-order valence-corrected chi connectivity index (χ0v) is 15.5. The van der Waals surface area contributed by atoms with Crippen molar-refractivity contribution in [3.8, 4) is 11.5 Å². The molecule has 0 aliphatic carbocycles. The van der Waals surface area contributed by atoms with Crippen LogP contribution >= 0.6 is 0 Å². The SMILES string of the molecule is CCNC(=NCc1ccc(OC)c(O)c1)NC(C)CCS(C)(=O)=O. The summed E-state index contributed by atoms with van der Waals surface area (Å²) >= 11 is 0. The van der Waals surface area contributed by atoms with Crippen molar-refractivity contribution in [2.75, 3.05) is 25.7 Å². The van der Waals surface area contributed by atoms with Gasteiger partial charge in [0.2, 0.25) is 0 Å². The van der Waals surface area contributed by atoms with Crippen LogP contribution in [0.25, 0.3) is 0 Å². The van der Waals surface area contributed by atoms with Crippen LogP contribution in [-0.4, -0.2) is 51.2 Å². The van der Waals surface area contributed by atoms with Crippen LogP contribution in [0.4, 0.5) is 0 Å². The normalized spacial score (nSPS) is 13.4. The third kappa shape index (κ3) is 7.54. The fourth-order valence-corrected chi connectivity index (χ4v) is 2.80. The van der Waals surface area contributed by atoms with Crippen LogP contribution in [-0.2, 0) is 16.4 Å². The van der Waals surface area contributed by atoms with E-state index in [1.165, 1.54) is 13.4 Å². The lowest BCUT2D eigenvalue weighted by Gasteiger charge is -2.17. The van der Waals surface area contributed by atoms with E-state index < -0.39 is 9.84 Å². The number of rotatable bonds is 8. The number of phenols is 1. The molecule has 1 atom stereocenters. The van der Waals surface area contributed by atoms with Gasteiger partial charge in [-0.1, -0.05) is 6.07 Å². The van der Waals surface area contributed by atoms with Gasteiger partial charge in [-0.3, -0.25) is 0 Å². The first kappa shape index (κ1) is 20.1. The van der Waals surface area contributed by atoms with Crippen LogP contribution < -0.4 is 15.4 Å². The van der Waals surface area contributed by atoms with Gasteiger partial charge in [0, 0.05) is 18.8 Å². The summed E-state index contributed by atoms with van der Waals surface area (Å²) in [6.07, 6.45) is 1.74. The van der Waals surface area contributed by atoms with E-state index in [1.54, 1.807) is 12.1 Å². The Morgan fingerprint density at radius 3 is 2.67 bits per heavy atom. The summed E-state index contributed by atoms with van der Waals surface area (Å²) < 4.78 is 27.5. The van der Waals surface area contributed by atoms with E-state index in [0.29, 0.717) is 31.2 Å². The number of hydrogen-bond acceptors (Lipinski definition) is 5. The lowest BCUT2D eigenvalue weighted by molar-refractivity contribution is 0.373. The first-order valence-corrected chi connectivity index (χ1v) is 9.89. The molecule has 0 saturated heterocycles. The number of aliphatic imine (C=N–C) groups is 1. The van der Waals surface area contributed by atoms with Gasteiger partial charge in [0.1, 0.15) is 9.84 Å². The van der Waals surface area contributed by atoms with E-state index in [2.05, 4.69) is 15.6 Å². The van der Waals surface area contributed by atoms with Crippen LogP contribution in [0.15, 0.2) is 23.2 Å². The van der Waals surface area contributed by atoms with Gasteiger partial charge in [0.15, 0.2) is 17.5 Å². The monoisotopic (exact) mass is 357 g/mol. The number of guanidine groups is 1. The number of hydrogen-bond donors (Lipinski definition) is 3. The lowest BCUT2D eigenvalue weighted by atomic mass is 10.2. The van der Waals surface area contributed by atoms with E-state index in [0.717, 1.165) is 5.56 Å². The summed E-state index contributed by atoms with van der Waals surface area (Å²) in [6.45, 7) is 4.94. The second-order valence-electron chi connectivity index (χ2n) is 5.67. The number of aromatic hydroxyl groups is 1. The average molecular weight is 357 g/mol. The second kappa shape index (κ2) is 9.36. The number of methoxy groups -OCH3 is 1. The number of sulfone groups is 1. The maximum absolute atomic E-state index is 11.2. The van der Waals surface area contributed by atoms with Gasteiger partial charge in [-0.2, -0.15) is 0 Å². The Labute approximate surface area is 144 Å². The maximum Gasteiger partial charge on any atom is 0.191 e. The molecule has 0 heterocycles. The van der Waals surface area contributed by atoms with Crippen molar-refractivity contribution in [3.63, 3.8) is 0 Å². The summed E-state index contributed by atoms with van der Waals surface area (Å²) in [5.41, 5.74) is 0.842. The van der Waals surface area contributed by atoms with E-state index in [1.807, 2.05) is 19.9 Å². The second-order valence-corrected chi connectivity index (χ2v) is 7.93. The fourth-order valence-electron chi connectivity index (χ4n) is 2.02. The zero-order chi connectivity index (χ0) is 18.2. The summed E-state index contributed by atoms with van der Waals surface area (Å²) in [5, 5.41) is 16.1. The highest BCUT2D eigenvalue weighted by Gasteiger charge is 2.09. The molecule has 0 bridgehead atoms. The fraction of sp³-hybridized carbons (Fsp3) is 0.562. The predicted octanol–water partition coefficient (Wildman–Crippen LogP) is 1.28. The summed E-state index contributed by atoms with van der Waals surface area (Å²) in [6, 6.07) is 5.11. The van der Waals surface area contributed by atoms with Crippen molar-refractivity contribution in [2.24, 2.45) is 4.99 Å². The molecule has 1 rings (SSSR count). The van der Waals surface area contributed by atoms with Crippen molar-refractivity contribution < 1.29 is 18.3 Å². The quantitative estimate of drug-likeness (QED) is 0.479. The number of benzene rings is 1. The van der Waals surface area contributed by atoms with Gasteiger partial charge >= 0.3 is 0 Å². The number of phenolic OH excluding ortho intramolecular Hbond substituents is 1. The Morgan fingerprint density at radius 1 is 1.42 bits per heavy atom. The molecular formula is C16H27N3O4S. The van der Waals surface area contributed by atoms with E-state index in [4.69, 9.17) is 4.74 Å². The van der Waals surface area contributed by atoms with Crippen molar-refractivity contribution >= 4 is 15.8 Å². The first-order chi connectivity index (χ1) is 11.2. The van der Waals surface area contributed by atoms with Crippen LogP contribution in [0.1, 0.15) is 25.8 Å². The van der Waals surface area contributed by atoms with Crippen molar-refractivity contribution in [1.29, 1.82) is 0 Å². The summed E-state index contributed by atoms with van der Waals surface area (Å²) in [7, 11) is -1.48. The lowest BCUT2D eigenvalue weighted by Crippen LogP contribution is -2.42. The largest absolute Gasteiger partial charge is 0.504 e. The molecule has 1 unspecified atom stereocenters. The molecule has 0 spiro atoms. The molecular weight excluding hydrogens is 330 g/mol. The molecule has 1 aromatic rings. The molecule has 0 fully saturated rings. The van der Waals surface area contributed by atoms with Crippen LogP contribution in [0.5, 0.6) is 11.5 Å². The van der Waals surface area contributed by atoms with Gasteiger partial charge in [-0.15, -0.1) is 0 Å². The molecule has 0 aromatic heterocycles. The van der Waals surface area contributed by atoms with Gasteiger partial charge in [-0.25, -0.2) is 13.4 Å². The van der Waals surface area contributed by atoms with E-state index in [-0.39, 0.29) is 17.5 Å². The molecule has 24 heavy (non-hydrogen) atoms. The van der Waals surface area contributed by atoms with Gasteiger partial charge in [0.05, 0.1) is 19.4 Å². The summed E-state index contributed by atoms with van der Waals surface area (Å²) in [5.74, 6) is 1.23. The Hall–Kier alpha value is -1.96. The Morgan fingerprint density at radius 2 is 2.12 bits per heavy atom. The molecule has 0 saturated carbocycles. The van der Waals surface area contributed by atoms with E-state index in [9.17, 15) is 13.5 Å². The third-order valence-corrected chi connectivity index (χ3v) is 4.29. The number of ether oxygens (including phenoxy) is 1. The van der Waals surface area contributed by atoms with Crippen LogP contribution in [0, 0.1) is 0 Å². The molecule has 8 heteroatoms. The van der Waals surface area contributed by atoms with Crippen LogP contribution in [0.3, 0.4) is 0 Å². The minimum Gasteiger partial charge on any atom is -0.504 e. The highest BCUT2D eigenvalue weighted by molar-refractivity contribution is 7.90. The minimum absolute atomic E-state index is 0.0261. The molecule has 1 aromatic carbocycles. The highest BCUT2D eigenvalue weighted by atomic mass is 32.2. The van der Waals surface area contributed by atoms with Gasteiger partial charge in [0.25, 0.3) is 0 Å². The van der Waals surface area contributed by atoms with Crippen molar-refractivity contribution in [2.45, 2.75) is 32.9 Å². The summed E-state index contributed by atoms with van der Waals surface area (Å²) in [4.78, 5) is 4.46. The molecule has 136 valence electrons.